The summed E-state index contributed by atoms with van der Waals surface area (Å²) in [6.45, 7) is 9.77. The topological polar surface area (TPSA) is 110 Å². The van der Waals surface area contributed by atoms with E-state index in [4.69, 9.17) is 18.1 Å². The number of nitrogens with zero attached hydrogens (tertiary/aromatic N) is 1. The zero-order valence-electron chi connectivity index (χ0n) is 30.7. The summed E-state index contributed by atoms with van der Waals surface area (Å²) in [7, 11) is -7.67. The predicted octanol–water partition coefficient (Wildman–Crippen LogP) is 10.0. The van der Waals surface area contributed by atoms with E-state index < -0.39 is 63.3 Å². The average Bonchev–Trinajstić information content (AvgIpc) is 3.52. The van der Waals surface area contributed by atoms with Gasteiger partial charge in [0.25, 0.3) is 0 Å². The fraction of sp³-hybridized carbons (Fsp3) is 0.500. The van der Waals surface area contributed by atoms with Gasteiger partial charge in [0.1, 0.15) is 30.2 Å². The molecule has 15 heteroatoms. The maximum atomic E-state index is 16.0. The van der Waals surface area contributed by atoms with Gasteiger partial charge in [-0.25, -0.2) is 9.18 Å². The van der Waals surface area contributed by atoms with Crippen LogP contribution in [0.3, 0.4) is 0 Å². The van der Waals surface area contributed by atoms with Crippen LogP contribution in [0.15, 0.2) is 66.7 Å². The molecule has 2 aliphatic heterocycles. The van der Waals surface area contributed by atoms with E-state index in [1.54, 1.807) is 69.0 Å². The highest BCUT2D eigenvalue weighted by molar-refractivity contribution is 7.78. The molecule has 2 saturated heterocycles. The van der Waals surface area contributed by atoms with Crippen molar-refractivity contribution < 1.29 is 50.2 Å². The molecule has 3 N–H and O–H groups in total. The smallest absolute Gasteiger partial charge is 0.338 e. The summed E-state index contributed by atoms with van der Waals surface area (Å²) in [5, 5.41) is 1.66. The second kappa shape index (κ2) is 17.4. The van der Waals surface area contributed by atoms with Crippen LogP contribution in [0.2, 0.25) is 0 Å². The molecule has 5 rings (SSSR count). The van der Waals surface area contributed by atoms with Gasteiger partial charge >= 0.3 is 33.5 Å². The average molecular weight is 785 g/mol. The number of benzene rings is 3. The number of hydrogen-bond acceptors (Lipinski definition) is 7. The molecule has 9 nitrogen and oxygen atoms in total. The molecule has 4 unspecified atom stereocenters. The van der Waals surface area contributed by atoms with E-state index in [1.165, 1.54) is 24.3 Å². The Morgan fingerprint density at radius 3 is 1.98 bits per heavy atom. The largest absolute Gasteiger partial charge is 0.465 e. The Hall–Kier alpha value is -2.73. The highest BCUT2D eigenvalue weighted by Crippen LogP contribution is 2.90. The molecule has 0 bridgehead atoms. The third-order valence-electron chi connectivity index (χ3n) is 9.70. The van der Waals surface area contributed by atoms with E-state index in [0.29, 0.717) is 17.7 Å². The highest BCUT2D eigenvalue weighted by atomic mass is 31.3. The number of carbonyl (C=O) groups is 1. The van der Waals surface area contributed by atoms with Crippen molar-refractivity contribution in [2.75, 3.05) is 13.1 Å². The fourth-order valence-corrected chi connectivity index (χ4v) is 12.8. The lowest BCUT2D eigenvalue weighted by molar-refractivity contribution is -0.137. The fourth-order valence-electron chi connectivity index (χ4n) is 6.42. The van der Waals surface area contributed by atoms with Gasteiger partial charge in [-0.2, -0.15) is 41.1 Å². The summed E-state index contributed by atoms with van der Waals surface area (Å²) >= 11 is 0. The molecule has 2 fully saturated rings. The van der Waals surface area contributed by atoms with Crippen molar-refractivity contribution in [1.82, 2.24) is 10.2 Å². The van der Waals surface area contributed by atoms with Crippen LogP contribution in [-0.2, 0) is 37.2 Å². The predicted molar refractivity (Wildman–Crippen MR) is 198 cm³/mol. The van der Waals surface area contributed by atoms with Crippen molar-refractivity contribution in [3.63, 3.8) is 0 Å². The van der Waals surface area contributed by atoms with Gasteiger partial charge in [-0.1, -0.05) is 80.8 Å². The summed E-state index contributed by atoms with van der Waals surface area (Å²) in [6.07, 6.45) is -2.47. The number of hydrogen-bond donors (Lipinski definition) is 3. The molecule has 290 valence electrons. The lowest BCUT2D eigenvalue weighted by Gasteiger charge is -2.25. The van der Waals surface area contributed by atoms with Crippen LogP contribution in [0.25, 0.3) is 11.1 Å². The third-order valence-corrected chi connectivity index (χ3v) is 15.8. The first kappa shape index (κ1) is 41.4. The molecule has 0 aliphatic carbocycles. The standard InChI is InChI=1S/C38H49F4N2O7P2/c1-6-7-8-11-21-43-37(45)44(24-29-14-16-30(17-15-29)33-12-9-10-13-34(33)38(40,41)42)22-20-31-18-19-32(23-35(31)39)36(52(46)48-25(2)26(3)49-52)53(47)50-27(4)28(5)51-53/h9-10,12-19,23,25-28,36,46-47H,6-8,11,20-22,24H2,1-5H3/q+1/p+1. The molecule has 0 spiro atoms. The van der Waals surface area contributed by atoms with Crippen LogP contribution in [-0.4, -0.2) is 58.2 Å². The van der Waals surface area contributed by atoms with Gasteiger partial charge in [0.15, 0.2) is 0 Å². The van der Waals surface area contributed by atoms with Gasteiger partial charge in [0.05, 0.1) is 11.1 Å². The maximum Gasteiger partial charge on any atom is 0.465 e. The van der Waals surface area contributed by atoms with Crippen molar-refractivity contribution >= 4 is 21.9 Å². The first-order valence-corrected chi connectivity index (χ1v) is 21.4. The van der Waals surface area contributed by atoms with Crippen LogP contribution >= 0.6 is 15.9 Å². The Morgan fingerprint density at radius 2 is 1.43 bits per heavy atom. The summed E-state index contributed by atoms with van der Waals surface area (Å²) in [5.41, 5.74) is 0.893. The number of carbonyl (C=O) groups excluding carboxylic acids is 1. The summed E-state index contributed by atoms with van der Waals surface area (Å²) < 4.78 is 80.5. The van der Waals surface area contributed by atoms with E-state index in [1.807, 2.05) is 0 Å². The minimum absolute atomic E-state index is 0.0584. The van der Waals surface area contributed by atoms with Crippen molar-refractivity contribution in [3.8, 4) is 11.1 Å². The zero-order chi connectivity index (χ0) is 38.6. The maximum absolute atomic E-state index is 16.0. The van der Waals surface area contributed by atoms with Crippen LogP contribution in [0, 0.1) is 5.82 Å². The molecule has 4 atom stereocenters. The lowest BCUT2D eigenvalue weighted by atomic mass is 9.98. The van der Waals surface area contributed by atoms with Crippen LogP contribution in [0.5, 0.6) is 0 Å². The highest BCUT2D eigenvalue weighted by Gasteiger charge is 2.78. The molecule has 3 aromatic rings. The minimum atomic E-state index is -4.51. The number of halogens is 4. The molecule has 2 amide bonds. The Morgan fingerprint density at radius 1 is 0.849 bits per heavy atom. The van der Waals surface area contributed by atoms with Crippen LogP contribution < -0.4 is 5.32 Å². The van der Waals surface area contributed by atoms with E-state index in [9.17, 15) is 27.8 Å². The Labute approximate surface area is 310 Å². The van der Waals surface area contributed by atoms with Gasteiger partial charge in [-0.15, -0.1) is 0 Å². The van der Waals surface area contributed by atoms with E-state index in [2.05, 4.69) is 12.2 Å². The molecule has 0 aromatic heterocycles. The lowest BCUT2D eigenvalue weighted by Crippen LogP contribution is -2.41. The van der Waals surface area contributed by atoms with Crippen LogP contribution in [0.4, 0.5) is 22.4 Å². The number of nitrogens with one attached hydrogen (secondary N) is 1. The molecule has 0 radical (unpaired) electrons. The SMILES string of the molecule is CCCCCCNC(=O)N(CCc1ccc(C([P+]2(O)OC(C)C(C)O2)[P+]2(O)OC(C)C(C)O2)cc1F)Cc1ccc(-c2ccccc2C(F)(F)F)cc1. The Bertz CT molecular complexity index is 1650. The molecular formula is C38H50F4N2O7P2+2. The van der Waals surface area contributed by atoms with Crippen molar-refractivity contribution in [2.24, 2.45) is 0 Å². The number of rotatable bonds is 14. The second-order valence-corrected chi connectivity index (χ2v) is 18.3. The number of unbranched alkanes of at least 4 members (excludes halogenated alkanes) is 3. The zero-order valence-corrected chi connectivity index (χ0v) is 32.5. The Kier molecular flexibility index (Phi) is 13.6. The number of urea groups is 1. The molecule has 0 saturated carbocycles. The summed E-state index contributed by atoms with van der Waals surface area (Å²) in [6, 6.07) is 15.9. The number of alkyl halides is 3. The van der Waals surface area contributed by atoms with Crippen molar-refractivity contribution in [2.45, 2.75) is 109 Å². The van der Waals surface area contributed by atoms with E-state index >= 15 is 4.39 Å². The van der Waals surface area contributed by atoms with Crippen molar-refractivity contribution in [3.05, 3.63) is 94.8 Å². The van der Waals surface area contributed by atoms with Crippen LogP contribution in [0.1, 0.15) is 88.0 Å². The molecule has 53 heavy (non-hydrogen) atoms. The van der Waals surface area contributed by atoms with Gasteiger partial charge in [0, 0.05) is 19.6 Å². The quantitative estimate of drug-likeness (QED) is 0.0849. The number of amides is 2. The second-order valence-electron chi connectivity index (χ2n) is 13.8. The van der Waals surface area contributed by atoms with E-state index in [-0.39, 0.29) is 42.2 Å². The van der Waals surface area contributed by atoms with Gasteiger partial charge in [0.2, 0.25) is 0 Å². The minimum Gasteiger partial charge on any atom is -0.338 e. The summed E-state index contributed by atoms with van der Waals surface area (Å²) in [4.78, 5) is 38.3. The molecule has 3 aromatic carbocycles. The monoisotopic (exact) mass is 784 g/mol. The first-order chi connectivity index (χ1) is 25.0. The summed E-state index contributed by atoms with van der Waals surface area (Å²) in [5.74, 6) is -0.626. The van der Waals surface area contributed by atoms with Crippen molar-refractivity contribution in [1.29, 1.82) is 0 Å². The normalized spacial score (nSPS) is 26.5. The van der Waals surface area contributed by atoms with E-state index in [0.717, 1.165) is 31.7 Å². The Balaban J connectivity index is 1.36. The van der Waals surface area contributed by atoms with Gasteiger partial charge in [-0.3, -0.25) is 0 Å². The van der Waals surface area contributed by atoms with Gasteiger partial charge in [-0.05, 0) is 74.9 Å². The molecular weight excluding hydrogens is 734 g/mol. The first-order valence-electron chi connectivity index (χ1n) is 18.1. The third kappa shape index (κ3) is 9.93. The molecule has 2 heterocycles. The molecule has 2 aliphatic rings. The van der Waals surface area contributed by atoms with Gasteiger partial charge < -0.3 is 10.2 Å².